The van der Waals surface area contributed by atoms with Crippen molar-refractivity contribution in [2.45, 2.75) is 187 Å². The number of nitrogens with zero attached hydrogens (tertiary/aromatic N) is 1. The molecule has 0 aromatic rings. The number of likely N-dealkylation sites (N-methyl/N-ethyl adjacent to an activating group) is 1. The van der Waals surface area contributed by atoms with E-state index in [-0.39, 0.29) is 42.7 Å². The van der Waals surface area contributed by atoms with Gasteiger partial charge < -0.3 is 28.6 Å². The molecule has 0 heterocycles. The van der Waals surface area contributed by atoms with Gasteiger partial charge in [0.2, 0.25) is 0 Å². The maximum Gasteiger partial charge on any atom is 0.306 e. The third-order valence-corrected chi connectivity index (χ3v) is 9.06. The Morgan fingerprint density at radius 3 is 1.50 bits per heavy atom. The van der Waals surface area contributed by atoms with Gasteiger partial charge in [0.15, 0.2) is 6.10 Å². The minimum atomic E-state index is -1.13. The fraction of sp³-hybridized carbons (Fsp3) is 0.833. The van der Waals surface area contributed by atoms with Gasteiger partial charge in [0, 0.05) is 19.3 Å². The summed E-state index contributed by atoms with van der Waals surface area (Å²) < 4.78 is 17.1. The third kappa shape index (κ3) is 31.8. The Morgan fingerprint density at radius 2 is 1.00 bits per heavy atom. The summed E-state index contributed by atoms with van der Waals surface area (Å²) in [5, 5.41) is 11.6. The van der Waals surface area contributed by atoms with Crippen LogP contribution in [0.5, 0.6) is 0 Å². The minimum absolute atomic E-state index is 0.0348. The number of unbranched alkanes of at least 4 members (excludes halogenated alkanes) is 18. The number of esters is 2. The first kappa shape index (κ1) is 47.8. The van der Waals surface area contributed by atoms with Crippen molar-refractivity contribution in [2.75, 3.05) is 41.0 Å². The predicted molar refractivity (Wildman–Crippen MR) is 204 cm³/mol. The van der Waals surface area contributed by atoms with Crippen LogP contribution in [0.1, 0.15) is 174 Å². The summed E-state index contributed by atoms with van der Waals surface area (Å²) in [6.07, 6.45) is 34.8. The number of ether oxygens (including phenoxy) is 3. The molecule has 0 amide bonds. The van der Waals surface area contributed by atoms with E-state index >= 15 is 0 Å². The van der Waals surface area contributed by atoms with Gasteiger partial charge in [-0.05, 0) is 64.2 Å². The van der Waals surface area contributed by atoms with E-state index in [1.54, 1.807) is 21.1 Å². The molecule has 0 fully saturated rings. The molecule has 2 unspecified atom stereocenters. The van der Waals surface area contributed by atoms with E-state index in [4.69, 9.17) is 14.2 Å². The predicted octanol–water partition coefficient (Wildman–Crippen LogP) is 9.19. The Morgan fingerprint density at radius 1 is 0.580 bits per heavy atom. The van der Waals surface area contributed by atoms with Gasteiger partial charge in [-0.3, -0.25) is 9.59 Å². The average molecular weight is 708 g/mol. The van der Waals surface area contributed by atoms with Crippen LogP contribution >= 0.6 is 0 Å². The van der Waals surface area contributed by atoms with Crippen molar-refractivity contribution in [3.05, 3.63) is 24.3 Å². The highest BCUT2D eigenvalue weighted by atomic mass is 16.6. The fourth-order valence-electron chi connectivity index (χ4n) is 5.82. The molecule has 8 nitrogen and oxygen atoms in total. The van der Waals surface area contributed by atoms with Crippen LogP contribution in [0.2, 0.25) is 0 Å². The number of hydrogen-bond donors (Lipinski definition) is 0. The molecule has 0 aliphatic carbocycles. The molecule has 0 aromatic carbocycles. The molecule has 8 heteroatoms. The molecule has 292 valence electrons. The van der Waals surface area contributed by atoms with Crippen LogP contribution in [0.15, 0.2) is 24.3 Å². The van der Waals surface area contributed by atoms with Gasteiger partial charge in [-0.2, -0.15) is 0 Å². The van der Waals surface area contributed by atoms with Crippen molar-refractivity contribution in [1.29, 1.82) is 0 Å². The Bertz CT molecular complexity index is 880. The molecule has 0 saturated carbocycles. The van der Waals surface area contributed by atoms with E-state index in [1.165, 1.54) is 77.0 Å². The van der Waals surface area contributed by atoms with Crippen molar-refractivity contribution >= 4 is 17.9 Å². The van der Waals surface area contributed by atoms with E-state index in [1.807, 2.05) is 0 Å². The Hall–Kier alpha value is -2.19. The summed E-state index contributed by atoms with van der Waals surface area (Å²) in [4.78, 5) is 36.7. The first-order valence-electron chi connectivity index (χ1n) is 20.4. The van der Waals surface area contributed by atoms with E-state index in [0.717, 1.165) is 64.2 Å². The standard InChI is InChI=1S/C42H77NO7/c1-6-8-10-12-14-16-18-20-21-23-24-26-28-30-32-40(44)49-37-38(36-48-35-34-39(42(46)47)43(3,4)5)50-41(45)33-31-29-27-25-22-19-17-15-13-11-9-7-2/h15,17,21,23,38-39H,6-14,16,18-20,22,24-37H2,1-5H3/b17-15+,23-21+. The first-order chi connectivity index (χ1) is 24.1. The lowest BCUT2D eigenvalue weighted by molar-refractivity contribution is -0.889. The van der Waals surface area contributed by atoms with Crippen LogP contribution in [-0.2, 0) is 28.6 Å². The summed E-state index contributed by atoms with van der Waals surface area (Å²) in [5.41, 5.74) is 0. The summed E-state index contributed by atoms with van der Waals surface area (Å²) in [6.45, 7) is 4.60. The highest BCUT2D eigenvalue weighted by molar-refractivity contribution is 5.70. The van der Waals surface area contributed by atoms with Gasteiger partial charge in [-0.15, -0.1) is 0 Å². The Kier molecular flexibility index (Phi) is 32.4. The second-order valence-electron chi connectivity index (χ2n) is 14.9. The molecule has 2 atom stereocenters. The number of quaternary nitrogens is 1. The lowest BCUT2D eigenvalue weighted by Gasteiger charge is -2.34. The smallest absolute Gasteiger partial charge is 0.306 e. The number of carboxylic acids is 1. The Labute approximate surface area is 307 Å². The normalized spacial score (nSPS) is 13.2. The van der Waals surface area contributed by atoms with E-state index in [9.17, 15) is 19.5 Å². The monoisotopic (exact) mass is 708 g/mol. The maximum absolute atomic E-state index is 12.6. The minimum Gasteiger partial charge on any atom is -0.544 e. The van der Waals surface area contributed by atoms with E-state index in [2.05, 4.69) is 38.2 Å². The summed E-state index contributed by atoms with van der Waals surface area (Å²) in [7, 11) is 5.39. The van der Waals surface area contributed by atoms with Gasteiger partial charge in [0.1, 0.15) is 12.6 Å². The molecule has 0 rings (SSSR count). The van der Waals surface area contributed by atoms with Gasteiger partial charge in [0.05, 0.1) is 40.3 Å². The first-order valence-corrected chi connectivity index (χ1v) is 20.4. The molecule has 0 radical (unpaired) electrons. The van der Waals surface area contributed by atoms with Crippen LogP contribution in [0.4, 0.5) is 0 Å². The van der Waals surface area contributed by atoms with Crippen LogP contribution < -0.4 is 5.11 Å². The lowest BCUT2D eigenvalue weighted by Crippen LogP contribution is -2.55. The van der Waals surface area contributed by atoms with Crippen LogP contribution in [-0.4, -0.2) is 75.5 Å². The fourth-order valence-corrected chi connectivity index (χ4v) is 5.82. The largest absolute Gasteiger partial charge is 0.544 e. The zero-order chi connectivity index (χ0) is 37.1. The lowest BCUT2D eigenvalue weighted by atomic mass is 10.1. The number of aliphatic carboxylic acids is 1. The average Bonchev–Trinajstić information content (AvgIpc) is 3.06. The van der Waals surface area contributed by atoms with Crippen LogP contribution in [0.25, 0.3) is 0 Å². The summed E-state index contributed by atoms with van der Waals surface area (Å²) >= 11 is 0. The van der Waals surface area contributed by atoms with E-state index < -0.39 is 18.1 Å². The molecule has 0 bridgehead atoms. The molecule has 0 aliphatic rings. The van der Waals surface area contributed by atoms with Gasteiger partial charge >= 0.3 is 11.9 Å². The number of carbonyl (C=O) groups excluding carboxylic acids is 3. The Balaban J connectivity index is 4.42. The van der Waals surface area contributed by atoms with Gasteiger partial charge in [-0.25, -0.2) is 0 Å². The number of allylic oxidation sites excluding steroid dienone is 4. The van der Waals surface area contributed by atoms with Crippen molar-refractivity contribution in [3.8, 4) is 0 Å². The molecular formula is C42H77NO7. The number of carbonyl (C=O) groups is 3. The van der Waals surface area contributed by atoms with Gasteiger partial charge in [-0.1, -0.05) is 115 Å². The van der Waals surface area contributed by atoms with Crippen molar-refractivity contribution in [3.63, 3.8) is 0 Å². The van der Waals surface area contributed by atoms with Crippen molar-refractivity contribution < 1.29 is 38.2 Å². The van der Waals surface area contributed by atoms with Gasteiger partial charge in [0.25, 0.3) is 0 Å². The molecule has 0 aromatic heterocycles. The second kappa shape index (κ2) is 33.9. The SMILES string of the molecule is CCCCC/C=C/CCCCCCCC(=O)OC(COCCC(C(=O)[O-])[N+](C)(C)C)COC(=O)CCCCC/C=C/CCCCCCCCC. The quantitative estimate of drug-likeness (QED) is 0.0277. The molecule has 0 aliphatic heterocycles. The van der Waals surface area contributed by atoms with Crippen molar-refractivity contribution in [1.82, 2.24) is 0 Å². The van der Waals surface area contributed by atoms with Crippen LogP contribution in [0.3, 0.4) is 0 Å². The summed E-state index contributed by atoms with van der Waals surface area (Å²) in [5.74, 6) is -1.77. The highest BCUT2D eigenvalue weighted by Gasteiger charge is 2.25. The second-order valence-corrected chi connectivity index (χ2v) is 14.9. The number of carboxylic acid groups (broad SMARTS) is 1. The molecule has 0 N–H and O–H groups in total. The molecular weight excluding hydrogens is 630 g/mol. The zero-order valence-electron chi connectivity index (χ0n) is 33.1. The third-order valence-electron chi connectivity index (χ3n) is 9.06. The number of rotatable bonds is 36. The van der Waals surface area contributed by atoms with Crippen LogP contribution in [0, 0.1) is 0 Å². The highest BCUT2D eigenvalue weighted by Crippen LogP contribution is 2.13. The summed E-state index contributed by atoms with van der Waals surface area (Å²) in [6, 6.07) is -0.726. The zero-order valence-corrected chi connectivity index (χ0v) is 33.1. The molecule has 0 saturated heterocycles. The van der Waals surface area contributed by atoms with E-state index in [0.29, 0.717) is 12.8 Å². The molecule has 0 spiro atoms. The van der Waals surface area contributed by atoms with Crippen molar-refractivity contribution in [2.24, 2.45) is 0 Å². The topological polar surface area (TPSA) is 102 Å². The number of hydrogen-bond acceptors (Lipinski definition) is 7. The molecule has 50 heavy (non-hydrogen) atoms. The maximum atomic E-state index is 12.6.